The number of ether oxygens (including phenoxy) is 6. The molecule has 28 heavy (non-hydrogen) atoms. The van der Waals surface area contributed by atoms with Crippen molar-refractivity contribution in [1.82, 2.24) is 0 Å². The molecule has 1 aliphatic heterocycles. The Balaban J connectivity index is 2.01. The molecule has 0 bridgehead atoms. The fourth-order valence-electron chi connectivity index (χ4n) is 3.03. The minimum absolute atomic E-state index is 0.137. The van der Waals surface area contributed by atoms with E-state index in [9.17, 15) is 4.79 Å². The third kappa shape index (κ3) is 3.43. The first-order valence-corrected chi connectivity index (χ1v) is 8.50. The maximum absolute atomic E-state index is 13.1. The summed E-state index contributed by atoms with van der Waals surface area (Å²) >= 11 is 0. The zero-order chi connectivity index (χ0) is 20.3. The molecule has 0 spiro atoms. The molecule has 1 aliphatic rings. The lowest BCUT2D eigenvalue weighted by Crippen LogP contribution is -2.15. The molecule has 0 saturated carbocycles. The van der Waals surface area contributed by atoms with Gasteiger partial charge in [0.05, 0.1) is 35.5 Å². The second kappa shape index (κ2) is 8.12. The maximum atomic E-state index is 13.1. The summed E-state index contributed by atoms with van der Waals surface area (Å²) in [6.07, 6.45) is 1.78. The van der Waals surface area contributed by atoms with Gasteiger partial charge in [0.1, 0.15) is 12.4 Å². The Morgan fingerprint density at radius 3 is 1.89 bits per heavy atom. The quantitative estimate of drug-likeness (QED) is 0.676. The zero-order valence-electron chi connectivity index (χ0n) is 16.5. The van der Waals surface area contributed by atoms with E-state index < -0.39 is 0 Å². The van der Waals surface area contributed by atoms with Crippen molar-refractivity contribution in [1.29, 1.82) is 0 Å². The minimum atomic E-state index is -0.195. The van der Waals surface area contributed by atoms with Gasteiger partial charge in [0, 0.05) is 22.8 Å². The van der Waals surface area contributed by atoms with Gasteiger partial charge in [-0.25, -0.2) is 0 Å². The molecule has 0 fully saturated rings. The molecule has 0 atom stereocenters. The Morgan fingerprint density at radius 1 is 0.786 bits per heavy atom. The molecule has 3 rings (SSSR count). The maximum Gasteiger partial charge on any atom is 0.203 e. The van der Waals surface area contributed by atoms with E-state index >= 15 is 0 Å². The molecule has 2 aromatic rings. The average molecular weight is 386 g/mol. The summed E-state index contributed by atoms with van der Waals surface area (Å²) in [5, 5.41) is 0. The molecule has 0 aliphatic carbocycles. The number of Topliss-reactive ketones (excluding diaryl/α,β-unsaturated/α-hetero) is 1. The summed E-state index contributed by atoms with van der Waals surface area (Å²) < 4.78 is 32.3. The number of benzene rings is 2. The van der Waals surface area contributed by atoms with Gasteiger partial charge in [-0.3, -0.25) is 4.79 Å². The second-order valence-corrected chi connectivity index (χ2v) is 5.95. The van der Waals surface area contributed by atoms with E-state index in [1.807, 2.05) is 0 Å². The van der Waals surface area contributed by atoms with E-state index in [0.29, 0.717) is 45.6 Å². The normalized spacial score (nSPS) is 12.2. The molecular weight excluding hydrogens is 364 g/mol. The number of rotatable bonds is 7. The zero-order valence-corrected chi connectivity index (χ0v) is 16.5. The molecule has 7 heteroatoms. The van der Waals surface area contributed by atoms with Crippen LogP contribution in [0.4, 0.5) is 0 Å². The van der Waals surface area contributed by atoms with E-state index in [1.165, 1.54) is 21.3 Å². The van der Waals surface area contributed by atoms with Crippen LogP contribution in [-0.2, 0) is 0 Å². The summed E-state index contributed by atoms with van der Waals surface area (Å²) in [5.74, 6) is 2.80. The highest BCUT2D eigenvalue weighted by Crippen LogP contribution is 2.40. The van der Waals surface area contributed by atoms with Crippen LogP contribution in [0.3, 0.4) is 0 Å². The van der Waals surface area contributed by atoms with Crippen LogP contribution in [0.5, 0.6) is 34.5 Å². The highest BCUT2D eigenvalue weighted by molar-refractivity contribution is 6.12. The number of methoxy groups -OCH3 is 5. The van der Waals surface area contributed by atoms with Gasteiger partial charge in [-0.2, -0.15) is 0 Å². The van der Waals surface area contributed by atoms with Crippen molar-refractivity contribution in [3.05, 3.63) is 41.0 Å². The van der Waals surface area contributed by atoms with Crippen molar-refractivity contribution in [2.45, 2.75) is 0 Å². The third-order valence-corrected chi connectivity index (χ3v) is 4.45. The third-order valence-electron chi connectivity index (χ3n) is 4.45. The lowest BCUT2D eigenvalue weighted by molar-refractivity contribution is 0.102. The lowest BCUT2D eigenvalue weighted by Gasteiger charge is -2.20. The first kappa shape index (κ1) is 19.4. The van der Waals surface area contributed by atoms with E-state index in [1.54, 1.807) is 44.6 Å². The van der Waals surface area contributed by atoms with E-state index in [-0.39, 0.29) is 12.4 Å². The highest BCUT2D eigenvalue weighted by atomic mass is 16.5. The molecule has 0 saturated heterocycles. The monoisotopic (exact) mass is 386 g/mol. The van der Waals surface area contributed by atoms with Crippen LogP contribution in [-0.4, -0.2) is 47.9 Å². The fraction of sp³-hybridized carbons (Fsp3) is 0.286. The van der Waals surface area contributed by atoms with Gasteiger partial charge in [-0.1, -0.05) is 0 Å². The predicted molar refractivity (Wildman–Crippen MR) is 103 cm³/mol. The smallest absolute Gasteiger partial charge is 0.203 e. The fourth-order valence-corrected chi connectivity index (χ4v) is 3.03. The number of fused-ring (bicyclic) bond motifs is 1. The molecule has 0 radical (unpaired) electrons. The van der Waals surface area contributed by atoms with Crippen molar-refractivity contribution >= 4 is 11.9 Å². The van der Waals surface area contributed by atoms with Crippen molar-refractivity contribution in [2.75, 3.05) is 42.2 Å². The summed E-state index contributed by atoms with van der Waals surface area (Å²) in [6, 6.07) is 6.75. The van der Waals surface area contributed by atoms with Crippen molar-refractivity contribution < 1.29 is 33.2 Å². The molecule has 2 aromatic carbocycles. The summed E-state index contributed by atoms with van der Waals surface area (Å²) in [7, 11) is 7.63. The second-order valence-electron chi connectivity index (χ2n) is 5.95. The molecule has 0 amide bonds. The topological polar surface area (TPSA) is 72.5 Å². The standard InChI is InChI=1S/C21H22O7/c1-23-16-7-12-6-14(11-28-15(12)10-17(16)24-2)20(22)13-8-18(25-3)21(27-5)19(9-13)26-4/h6-10H,11H2,1-5H3. The van der Waals surface area contributed by atoms with E-state index in [4.69, 9.17) is 28.4 Å². The van der Waals surface area contributed by atoms with Crippen LogP contribution in [0.25, 0.3) is 6.08 Å². The van der Waals surface area contributed by atoms with Gasteiger partial charge in [0.25, 0.3) is 0 Å². The lowest BCUT2D eigenvalue weighted by atomic mass is 9.98. The van der Waals surface area contributed by atoms with Crippen LogP contribution < -0.4 is 28.4 Å². The highest BCUT2D eigenvalue weighted by Gasteiger charge is 2.23. The van der Waals surface area contributed by atoms with Gasteiger partial charge in [-0.15, -0.1) is 0 Å². The molecule has 0 aromatic heterocycles. The first-order chi connectivity index (χ1) is 13.6. The van der Waals surface area contributed by atoms with E-state index in [0.717, 1.165) is 5.56 Å². The molecule has 7 nitrogen and oxygen atoms in total. The first-order valence-electron chi connectivity index (χ1n) is 8.50. The van der Waals surface area contributed by atoms with Crippen molar-refractivity contribution in [3.8, 4) is 34.5 Å². The summed E-state index contributed by atoms with van der Waals surface area (Å²) in [4.78, 5) is 13.1. The molecule has 0 unspecified atom stereocenters. The Kier molecular flexibility index (Phi) is 5.63. The van der Waals surface area contributed by atoms with Gasteiger partial charge >= 0.3 is 0 Å². The number of carbonyl (C=O) groups is 1. The largest absolute Gasteiger partial charge is 0.493 e. The van der Waals surface area contributed by atoms with Crippen molar-refractivity contribution in [2.24, 2.45) is 0 Å². The summed E-state index contributed by atoms with van der Waals surface area (Å²) in [6.45, 7) is 0.137. The Morgan fingerprint density at radius 2 is 1.36 bits per heavy atom. The van der Waals surface area contributed by atoms with Crippen LogP contribution >= 0.6 is 0 Å². The Bertz CT molecular complexity index is 906. The van der Waals surface area contributed by atoms with Crippen LogP contribution in [0.2, 0.25) is 0 Å². The van der Waals surface area contributed by atoms with Gasteiger partial charge < -0.3 is 28.4 Å². The number of carbonyl (C=O) groups excluding carboxylic acids is 1. The molecule has 1 heterocycles. The molecule has 148 valence electrons. The molecule has 0 N–H and O–H groups in total. The molecular formula is C21H22O7. The van der Waals surface area contributed by atoms with Crippen LogP contribution in [0.1, 0.15) is 15.9 Å². The predicted octanol–water partition coefficient (Wildman–Crippen LogP) is 3.39. The van der Waals surface area contributed by atoms with Gasteiger partial charge in [-0.05, 0) is 24.3 Å². The number of hydrogen-bond acceptors (Lipinski definition) is 7. The van der Waals surface area contributed by atoms with Gasteiger partial charge in [0.2, 0.25) is 5.75 Å². The van der Waals surface area contributed by atoms with E-state index in [2.05, 4.69) is 0 Å². The summed E-state index contributed by atoms with van der Waals surface area (Å²) in [5.41, 5.74) is 1.64. The van der Waals surface area contributed by atoms with Crippen LogP contribution in [0.15, 0.2) is 29.8 Å². The number of ketones is 1. The Labute approximate surface area is 163 Å². The minimum Gasteiger partial charge on any atom is -0.493 e. The number of hydrogen-bond donors (Lipinski definition) is 0. The SMILES string of the molecule is COc1cc2c(cc1OC)OCC(C(=O)c1cc(OC)c(OC)c(OC)c1)=C2. The van der Waals surface area contributed by atoms with Crippen LogP contribution in [0, 0.1) is 0 Å². The van der Waals surface area contributed by atoms with Gasteiger partial charge in [0.15, 0.2) is 28.8 Å². The van der Waals surface area contributed by atoms with Crippen molar-refractivity contribution in [3.63, 3.8) is 0 Å². The Hall–Kier alpha value is -3.35. The average Bonchev–Trinajstić information content (AvgIpc) is 2.75.